The molecular formula is C16H22ClN3O3. The smallest absolute Gasteiger partial charge is 0.318 e. The highest BCUT2D eigenvalue weighted by Gasteiger charge is 2.32. The molecule has 1 fully saturated rings. The first-order valence-electron chi connectivity index (χ1n) is 7.78. The number of hydrogen-bond donors (Lipinski definition) is 2. The SMILES string of the molecule is CCCOc1ccc(Cl)cc1CNC(=O)N1CCC[C@@H]1C(N)=O. The molecule has 3 amide bonds. The topological polar surface area (TPSA) is 84.7 Å². The van der Waals surface area contributed by atoms with E-state index >= 15 is 0 Å². The van der Waals surface area contributed by atoms with Crippen molar-refractivity contribution in [3.63, 3.8) is 0 Å². The van der Waals surface area contributed by atoms with Gasteiger partial charge in [-0.05, 0) is 37.5 Å². The van der Waals surface area contributed by atoms with Crippen LogP contribution in [0.1, 0.15) is 31.7 Å². The van der Waals surface area contributed by atoms with Gasteiger partial charge in [-0.1, -0.05) is 18.5 Å². The third kappa shape index (κ3) is 4.51. The fourth-order valence-corrected chi connectivity index (χ4v) is 2.81. The van der Waals surface area contributed by atoms with Crippen molar-refractivity contribution in [3.8, 4) is 5.75 Å². The van der Waals surface area contributed by atoms with Crippen LogP contribution in [0.4, 0.5) is 4.79 Å². The van der Waals surface area contributed by atoms with E-state index in [0.29, 0.717) is 30.3 Å². The van der Waals surface area contributed by atoms with Gasteiger partial charge in [0.1, 0.15) is 11.8 Å². The highest BCUT2D eigenvalue weighted by Crippen LogP contribution is 2.23. The van der Waals surface area contributed by atoms with Crippen molar-refractivity contribution in [2.45, 2.75) is 38.8 Å². The second-order valence-electron chi connectivity index (χ2n) is 5.51. The monoisotopic (exact) mass is 339 g/mol. The minimum atomic E-state index is -0.523. The average molecular weight is 340 g/mol. The molecule has 0 unspecified atom stereocenters. The number of urea groups is 1. The van der Waals surface area contributed by atoms with Crippen molar-refractivity contribution >= 4 is 23.5 Å². The molecule has 6 nitrogen and oxygen atoms in total. The molecule has 1 aliphatic heterocycles. The molecule has 0 bridgehead atoms. The first-order chi connectivity index (χ1) is 11.0. The number of carbonyl (C=O) groups excluding carboxylic acids is 2. The molecule has 1 aliphatic rings. The number of carbonyl (C=O) groups is 2. The summed E-state index contributed by atoms with van der Waals surface area (Å²) in [7, 11) is 0. The number of halogens is 1. The van der Waals surface area contributed by atoms with Crippen LogP contribution in [0.3, 0.4) is 0 Å². The molecule has 1 aromatic carbocycles. The third-order valence-corrected chi connectivity index (χ3v) is 3.99. The first kappa shape index (κ1) is 17.4. The Morgan fingerprint density at radius 1 is 1.48 bits per heavy atom. The average Bonchev–Trinajstić information content (AvgIpc) is 3.01. The number of amides is 3. The second kappa shape index (κ2) is 8.06. The van der Waals surface area contributed by atoms with Crippen LogP contribution in [-0.2, 0) is 11.3 Å². The fourth-order valence-electron chi connectivity index (χ4n) is 2.62. The van der Waals surface area contributed by atoms with Crippen LogP contribution in [0, 0.1) is 0 Å². The van der Waals surface area contributed by atoms with Gasteiger partial charge < -0.3 is 20.7 Å². The minimum absolute atomic E-state index is 0.278. The van der Waals surface area contributed by atoms with Crippen LogP contribution < -0.4 is 15.8 Å². The summed E-state index contributed by atoms with van der Waals surface area (Å²) in [6, 6.07) is 4.49. The lowest BCUT2D eigenvalue weighted by atomic mass is 10.2. The molecule has 1 aromatic rings. The standard InChI is InChI=1S/C16H22ClN3O3/c1-2-8-23-14-6-5-12(17)9-11(14)10-19-16(22)20-7-3-4-13(20)15(18)21/h5-6,9,13H,2-4,7-8,10H2,1H3,(H2,18,21)(H,19,22)/t13-/m1/s1. The van der Waals surface area contributed by atoms with Crippen LogP contribution in [0.25, 0.3) is 0 Å². The van der Waals surface area contributed by atoms with Gasteiger partial charge in [0.2, 0.25) is 5.91 Å². The molecule has 0 radical (unpaired) electrons. The number of ether oxygens (including phenoxy) is 1. The summed E-state index contributed by atoms with van der Waals surface area (Å²) in [4.78, 5) is 25.1. The van der Waals surface area contributed by atoms with E-state index in [2.05, 4.69) is 5.32 Å². The lowest BCUT2D eigenvalue weighted by Crippen LogP contribution is -2.47. The summed E-state index contributed by atoms with van der Waals surface area (Å²) < 4.78 is 5.66. The summed E-state index contributed by atoms with van der Waals surface area (Å²) in [5.41, 5.74) is 6.13. The maximum absolute atomic E-state index is 12.3. The molecule has 1 atom stereocenters. The van der Waals surface area contributed by atoms with Gasteiger partial charge in [0.25, 0.3) is 0 Å². The van der Waals surface area contributed by atoms with Crippen LogP contribution in [0.2, 0.25) is 5.02 Å². The Hall–Kier alpha value is -1.95. The molecule has 0 aromatic heterocycles. The van der Waals surface area contributed by atoms with E-state index in [-0.39, 0.29) is 12.6 Å². The second-order valence-corrected chi connectivity index (χ2v) is 5.95. The van der Waals surface area contributed by atoms with Crippen LogP contribution in [-0.4, -0.2) is 36.0 Å². The van der Waals surface area contributed by atoms with Gasteiger partial charge >= 0.3 is 6.03 Å². The van der Waals surface area contributed by atoms with Gasteiger partial charge in [-0.25, -0.2) is 4.79 Å². The minimum Gasteiger partial charge on any atom is -0.493 e. The highest BCUT2D eigenvalue weighted by molar-refractivity contribution is 6.30. The van der Waals surface area contributed by atoms with Crippen molar-refractivity contribution in [2.24, 2.45) is 5.73 Å². The maximum atomic E-state index is 12.3. The van der Waals surface area contributed by atoms with Crippen LogP contribution in [0.5, 0.6) is 5.75 Å². The van der Waals surface area contributed by atoms with E-state index in [4.69, 9.17) is 22.1 Å². The number of hydrogen-bond acceptors (Lipinski definition) is 3. The molecule has 126 valence electrons. The number of rotatable bonds is 6. The van der Waals surface area contributed by atoms with Crippen molar-refractivity contribution in [1.82, 2.24) is 10.2 Å². The Kier molecular flexibility index (Phi) is 6.10. The zero-order valence-electron chi connectivity index (χ0n) is 13.2. The zero-order valence-corrected chi connectivity index (χ0v) is 13.9. The lowest BCUT2D eigenvalue weighted by molar-refractivity contribution is -0.121. The molecule has 7 heteroatoms. The summed E-state index contributed by atoms with van der Waals surface area (Å²) in [6.45, 7) is 3.43. The molecule has 0 spiro atoms. The predicted molar refractivity (Wildman–Crippen MR) is 88.4 cm³/mol. The normalized spacial score (nSPS) is 17.1. The zero-order chi connectivity index (χ0) is 16.8. The molecule has 0 saturated carbocycles. The Bertz CT molecular complexity index is 580. The van der Waals surface area contributed by atoms with Crippen molar-refractivity contribution in [1.29, 1.82) is 0 Å². The summed E-state index contributed by atoms with van der Waals surface area (Å²) in [6.07, 6.45) is 2.29. The van der Waals surface area contributed by atoms with E-state index in [0.717, 1.165) is 18.4 Å². The molecule has 23 heavy (non-hydrogen) atoms. The first-order valence-corrected chi connectivity index (χ1v) is 8.15. The summed E-state index contributed by atoms with van der Waals surface area (Å²) >= 11 is 6.02. The number of likely N-dealkylation sites (tertiary alicyclic amines) is 1. The van der Waals surface area contributed by atoms with Crippen LogP contribution >= 0.6 is 11.6 Å². The predicted octanol–water partition coefficient (Wildman–Crippen LogP) is 2.29. The Balaban J connectivity index is 2.01. The summed E-state index contributed by atoms with van der Waals surface area (Å²) in [5.74, 6) is 0.233. The number of benzene rings is 1. The van der Waals surface area contributed by atoms with Gasteiger partial charge in [0.05, 0.1) is 6.61 Å². The van der Waals surface area contributed by atoms with Gasteiger partial charge in [0, 0.05) is 23.7 Å². The highest BCUT2D eigenvalue weighted by atomic mass is 35.5. The van der Waals surface area contributed by atoms with E-state index in [9.17, 15) is 9.59 Å². The fraction of sp³-hybridized carbons (Fsp3) is 0.500. The van der Waals surface area contributed by atoms with Crippen molar-refractivity contribution in [2.75, 3.05) is 13.2 Å². The molecule has 1 saturated heterocycles. The lowest BCUT2D eigenvalue weighted by Gasteiger charge is -2.23. The molecular weight excluding hydrogens is 318 g/mol. The number of nitrogens with two attached hydrogens (primary N) is 1. The summed E-state index contributed by atoms with van der Waals surface area (Å²) in [5, 5.41) is 3.39. The number of nitrogens with zero attached hydrogens (tertiary/aromatic N) is 1. The van der Waals surface area contributed by atoms with E-state index in [1.54, 1.807) is 18.2 Å². The van der Waals surface area contributed by atoms with E-state index in [1.165, 1.54) is 4.90 Å². The molecule has 3 N–H and O–H groups in total. The Labute approximate surface area is 140 Å². The van der Waals surface area contributed by atoms with Crippen LogP contribution in [0.15, 0.2) is 18.2 Å². The molecule has 0 aliphatic carbocycles. The quantitative estimate of drug-likeness (QED) is 0.833. The van der Waals surface area contributed by atoms with E-state index in [1.807, 2.05) is 6.92 Å². The van der Waals surface area contributed by atoms with E-state index < -0.39 is 11.9 Å². The van der Waals surface area contributed by atoms with Gasteiger partial charge in [-0.15, -0.1) is 0 Å². The van der Waals surface area contributed by atoms with Crippen molar-refractivity contribution < 1.29 is 14.3 Å². The Morgan fingerprint density at radius 3 is 2.96 bits per heavy atom. The van der Waals surface area contributed by atoms with Gasteiger partial charge in [0.15, 0.2) is 0 Å². The maximum Gasteiger partial charge on any atom is 0.318 e. The third-order valence-electron chi connectivity index (χ3n) is 3.76. The number of primary amides is 1. The van der Waals surface area contributed by atoms with Gasteiger partial charge in [-0.3, -0.25) is 4.79 Å². The van der Waals surface area contributed by atoms with Crippen molar-refractivity contribution in [3.05, 3.63) is 28.8 Å². The van der Waals surface area contributed by atoms with Gasteiger partial charge in [-0.2, -0.15) is 0 Å². The largest absolute Gasteiger partial charge is 0.493 e. The molecule has 1 heterocycles. The molecule has 2 rings (SSSR count). The number of nitrogens with one attached hydrogen (secondary N) is 1. The Morgan fingerprint density at radius 2 is 2.26 bits per heavy atom.